The van der Waals surface area contributed by atoms with Crippen LogP contribution in [0.15, 0.2) is 17.5 Å². The van der Waals surface area contributed by atoms with E-state index < -0.39 is 0 Å². The highest BCUT2D eigenvalue weighted by Gasteiger charge is 2.09. The summed E-state index contributed by atoms with van der Waals surface area (Å²) in [6.45, 7) is 3.52. The van der Waals surface area contributed by atoms with Crippen LogP contribution in [0.25, 0.3) is 10.2 Å². The maximum Gasteiger partial charge on any atom is 0.123 e. The molecule has 0 fully saturated rings. The normalized spacial score (nSPS) is 10.2. The van der Waals surface area contributed by atoms with Gasteiger partial charge in [-0.15, -0.1) is 11.3 Å². The molecular formula is C8H8N4S. The average Bonchev–Trinajstić information content (AvgIpc) is 2.55. The van der Waals surface area contributed by atoms with Crippen LogP contribution in [0.1, 0.15) is 0 Å². The molecule has 0 amide bonds. The van der Waals surface area contributed by atoms with Crippen LogP contribution in [0.3, 0.4) is 0 Å². The number of aliphatic imine (C=N–C) groups is 1. The molecule has 0 aliphatic carbocycles. The Labute approximate surface area is 79.4 Å². The third kappa shape index (κ3) is 1.17. The largest absolute Gasteiger partial charge is 0.378 e. The summed E-state index contributed by atoms with van der Waals surface area (Å²) in [5, 5.41) is 4.03. The number of rotatable bonds is 2. The van der Waals surface area contributed by atoms with E-state index >= 15 is 0 Å². The Hall–Kier alpha value is -1.49. The van der Waals surface area contributed by atoms with Gasteiger partial charge >= 0.3 is 0 Å². The summed E-state index contributed by atoms with van der Waals surface area (Å²) in [5.74, 6) is 0. The summed E-state index contributed by atoms with van der Waals surface area (Å²) in [6, 6.07) is 0. The van der Waals surface area contributed by atoms with E-state index in [2.05, 4.69) is 27.0 Å². The molecule has 0 aromatic carbocycles. The van der Waals surface area contributed by atoms with E-state index in [1.807, 2.05) is 7.05 Å². The first-order chi connectivity index (χ1) is 6.36. The number of nitrogens with one attached hydrogen (secondary N) is 1. The fourth-order valence-corrected chi connectivity index (χ4v) is 2.09. The number of nitrogens with zero attached hydrogens (tertiary/aromatic N) is 3. The van der Waals surface area contributed by atoms with Gasteiger partial charge in [0, 0.05) is 13.2 Å². The van der Waals surface area contributed by atoms with E-state index in [4.69, 9.17) is 0 Å². The summed E-state index contributed by atoms with van der Waals surface area (Å²) in [7, 11) is 1.85. The predicted molar refractivity (Wildman–Crippen MR) is 56.2 cm³/mol. The van der Waals surface area contributed by atoms with Gasteiger partial charge in [-0.3, -0.25) is 4.99 Å². The molecule has 1 N–H and O–H groups in total. The van der Waals surface area contributed by atoms with Crippen molar-refractivity contribution >= 4 is 39.0 Å². The summed E-state index contributed by atoms with van der Waals surface area (Å²) in [5.41, 5.74) is 1.67. The highest BCUT2D eigenvalue weighted by atomic mass is 32.1. The van der Waals surface area contributed by atoms with Gasteiger partial charge in [0.15, 0.2) is 0 Å². The number of anilines is 1. The number of hydrogen-bond acceptors (Lipinski definition) is 5. The summed E-state index contributed by atoms with van der Waals surface area (Å²) >= 11 is 1.58. The van der Waals surface area contributed by atoms with Gasteiger partial charge in [0.2, 0.25) is 0 Å². The fraction of sp³-hybridized carbons (Fsp3) is 0.125. The summed E-state index contributed by atoms with van der Waals surface area (Å²) in [4.78, 5) is 12.0. The smallest absolute Gasteiger partial charge is 0.123 e. The molecule has 0 radical (unpaired) electrons. The second kappa shape index (κ2) is 3.10. The van der Waals surface area contributed by atoms with Crippen LogP contribution in [-0.2, 0) is 0 Å². The lowest BCUT2D eigenvalue weighted by atomic mass is 10.4. The summed E-state index contributed by atoms with van der Waals surface area (Å²) in [6.07, 6.45) is 3.30. The van der Waals surface area contributed by atoms with E-state index in [-0.39, 0.29) is 0 Å². The van der Waals surface area contributed by atoms with Crippen LogP contribution in [0, 0.1) is 0 Å². The molecule has 2 heterocycles. The van der Waals surface area contributed by atoms with E-state index in [1.54, 1.807) is 17.5 Å². The predicted octanol–water partition coefficient (Wildman–Crippen LogP) is 2.07. The topological polar surface area (TPSA) is 50.2 Å². The molecule has 0 aliphatic heterocycles. The molecule has 2 aromatic rings. The van der Waals surface area contributed by atoms with Crippen LogP contribution < -0.4 is 5.32 Å². The Kier molecular flexibility index (Phi) is 1.94. The maximum absolute atomic E-state index is 4.15. The highest BCUT2D eigenvalue weighted by Crippen LogP contribution is 2.39. The van der Waals surface area contributed by atoms with Gasteiger partial charge in [0.25, 0.3) is 0 Å². The first kappa shape index (κ1) is 8.12. The lowest BCUT2D eigenvalue weighted by Crippen LogP contribution is -1.82. The van der Waals surface area contributed by atoms with Gasteiger partial charge in [0.05, 0.1) is 4.70 Å². The Morgan fingerprint density at radius 3 is 3.15 bits per heavy atom. The second-order valence-corrected chi connectivity index (χ2v) is 3.48. The van der Waals surface area contributed by atoms with E-state index in [1.165, 1.54) is 6.33 Å². The van der Waals surface area contributed by atoms with E-state index in [0.717, 1.165) is 20.9 Å². The zero-order valence-corrected chi connectivity index (χ0v) is 7.93. The molecule has 0 saturated heterocycles. The zero-order chi connectivity index (χ0) is 9.26. The third-order valence-electron chi connectivity index (χ3n) is 1.72. The molecule has 0 atom stereocenters. The van der Waals surface area contributed by atoms with Crippen LogP contribution in [0.2, 0.25) is 0 Å². The van der Waals surface area contributed by atoms with Crippen LogP contribution in [0.5, 0.6) is 0 Å². The Balaban J connectivity index is 2.81. The maximum atomic E-state index is 4.15. The SMILES string of the molecule is C=Nc1c(NC)sc2cncnc12. The Morgan fingerprint density at radius 1 is 1.62 bits per heavy atom. The highest BCUT2D eigenvalue weighted by molar-refractivity contribution is 7.23. The third-order valence-corrected chi connectivity index (χ3v) is 2.84. The number of aromatic nitrogens is 2. The molecule has 66 valence electrons. The van der Waals surface area contributed by atoms with Crippen molar-refractivity contribution in [2.75, 3.05) is 12.4 Å². The first-order valence-electron chi connectivity index (χ1n) is 3.73. The standard InChI is InChI=1S/C8H8N4S/c1-9-7-6-5(3-11-4-12-6)13-8(7)10-2/h3-4,10H,1H2,2H3. The van der Waals surface area contributed by atoms with Gasteiger partial charge < -0.3 is 5.32 Å². The monoisotopic (exact) mass is 192 g/mol. The zero-order valence-electron chi connectivity index (χ0n) is 7.11. The number of thiophene rings is 1. The lowest BCUT2D eigenvalue weighted by molar-refractivity contribution is 1.23. The van der Waals surface area contributed by atoms with E-state index in [9.17, 15) is 0 Å². The van der Waals surface area contributed by atoms with Crippen LogP contribution in [-0.4, -0.2) is 23.7 Å². The molecule has 5 heteroatoms. The summed E-state index contributed by atoms with van der Waals surface area (Å²) < 4.78 is 1.02. The lowest BCUT2D eigenvalue weighted by Gasteiger charge is -1.94. The quantitative estimate of drug-likeness (QED) is 0.741. The van der Waals surface area contributed by atoms with Crippen molar-refractivity contribution < 1.29 is 0 Å². The first-order valence-corrected chi connectivity index (χ1v) is 4.55. The minimum atomic E-state index is 0.810. The molecule has 0 spiro atoms. The molecule has 0 bridgehead atoms. The van der Waals surface area contributed by atoms with Gasteiger partial charge in [-0.05, 0) is 6.72 Å². The molecule has 0 saturated carbocycles. The van der Waals surface area contributed by atoms with Gasteiger partial charge in [0.1, 0.15) is 22.5 Å². The van der Waals surface area contributed by atoms with Crippen LogP contribution in [0.4, 0.5) is 10.7 Å². The van der Waals surface area contributed by atoms with Gasteiger partial charge in [-0.25, -0.2) is 9.97 Å². The number of fused-ring (bicyclic) bond motifs is 1. The molecular weight excluding hydrogens is 184 g/mol. The Morgan fingerprint density at radius 2 is 2.46 bits per heavy atom. The van der Waals surface area contributed by atoms with Crippen molar-refractivity contribution in [3.63, 3.8) is 0 Å². The van der Waals surface area contributed by atoms with Crippen molar-refractivity contribution in [2.45, 2.75) is 0 Å². The van der Waals surface area contributed by atoms with Crippen molar-refractivity contribution in [2.24, 2.45) is 4.99 Å². The van der Waals surface area contributed by atoms with Crippen molar-refractivity contribution in [3.8, 4) is 0 Å². The van der Waals surface area contributed by atoms with Crippen LogP contribution >= 0.6 is 11.3 Å². The van der Waals surface area contributed by atoms with Crippen molar-refractivity contribution in [1.29, 1.82) is 0 Å². The minimum Gasteiger partial charge on any atom is -0.378 e. The molecule has 2 rings (SSSR count). The van der Waals surface area contributed by atoms with Gasteiger partial charge in [-0.2, -0.15) is 0 Å². The second-order valence-electron chi connectivity index (χ2n) is 2.42. The minimum absolute atomic E-state index is 0.810. The molecule has 13 heavy (non-hydrogen) atoms. The molecule has 4 nitrogen and oxygen atoms in total. The molecule has 0 aliphatic rings. The molecule has 0 unspecified atom stereocenters. The average molecular weight is 192 g/mol. The fourth-order valence-electron chi connectivity index (χ4n) is 1.15. The van der Waals surface area contributed by atoms with Crippen molar-refractivity contribution in [3.05, 3.63) is 12.5 Å². The van der Waals surface area contributed by atoms with Gasteiger partial charge in [-0.1, -0.05) is 0 Å². The molecule has 2 aromatic heterocycles. The van der Waals surface area contributed by atoms with E-state index in [0.29, 0.717) is 0 Å². The number of hydrogen-bond donors (Lipinski definition) is 1. The Bertz CT molecular complexity index is 448. The van der Waals surface area contributed by atoms with Crippen molar-refractivity contribution in [1.82, 2.24) is 9.97 Å².